The van der Waals surface area contributed by atoms with Crippen LogP contribution in [0.25, 0.3) is 31.8 Å². The lowest BCUT2D eigenvalue weighted by molar-refractivity contribution is -0.248. The molecule has 1 saturated heterocycles. The zero-order valence-electron chi connectivity index (χ0n) is 59.3. The summed E-state index contributed by atoms with van der Waals surface area (Å²) in [5.41, 5.74) is 8.01. The number of aromatic nitrogens is 7. The number of alkyl halides is 1. The Morgan fingerprint density at radius 2 is 1.60 bits per heavy atom. The van der Waals surface area contributed by atoms with Crippen LogP contribution >= 0.6 is 34.4 Å². The minimum absolute atomic E-state index is 0.00866. The van der Waals surface area contributed by atoms with Crippen molar-refractivity contribution in [3.8, 4) is 21.6 Å². The summed E-state index contributed by atoms with van der Waals surface area (Å²) in [5.74, 6) is -0.158. The molecule has 5 aromatic heterocycles. The number of aliphatic hydroxyl groups excluding tert-OH is 1. The number of fused-ring (bicyclic) bond motifs is 2. The highest BCUT2D eigenvalue weighted by atomic mass is 32.2. The van der Waals surface area contributed by atoms with Gasteiger partial charge in [-0.3, -0.25) is 19.1 Å². The fourth-order valence-electron chi connectivity index (χ4n) is 18.0. The SMILES string of the molecule is Cc1ncsc1-c1ccc(CNC(=O)[C@@H]2C[C@@H](O)CN2C(=O)[C@@H](NC(=O)C2(F)CC2)C(C)(C)SCCCCCCCCCCN(C)CCOC23CC4(C)CC(C)(CC(Cn5ncc(-c6ccc(N7CCCc8c7nnc(Nc7nc9ccccc9s7)c8C)nc6C(=O)O)c5C)(C4)C2)C3)cc1. The van der Waals surface area contributed by atoms with Crippen LogP contribution in [0, 0.1) is 37.0 Å². The van der Waals surface area contributed by atoms with Crippen molar-refractivity contribution in [2.45, 2.75) is 218 Å². The van der Waals surface area contributed by atoms with Crippen molar-refractivity contribution >= 4 is 90.9 Å². The van der Waals surface area contributed by atoms with Gasteiger partial charge in [-0.2, -0.15) is 16.9 Å². The molecule has 100 heavy (non-hydrogen) atoms. The number of ether oxygens (including phenoxy) is 1. The molecule has 24 heteroatoms. The minimum atomic E-state index is -1.99. The van der Waals surface area contributed by atoms with E-state index in [1.165, 1.54) is 30.6 Å². The third-order valence-corrected chi connectivity index (χ3v) is 25.6. The number of amides is 3. The monoisotopic (exact) mass is 1420 g/mol. The highest BCUT2D eigenvalue weighted by Gasteiger charge is 2.66. The van der Waals surface area contributed by atoms with Crippen LogP contribution in [-0.2, 0) is 38.6 Å². The van der Waals surface area contributed by atoms with Gasteiger partial charge in [0.1, 0.15) is 17.9 Å². The Kier molecular flexibility index (Phi) is 20.8. The summed E-state index contributed by atoms with van der Waals surface area (Å²) in [6, 6.07) is 17.7. The second kappa shape index (κ2) is 29.1. The Hall–Kier alpha value is -6.96. The number of unbranched alkanes of at least 4 members (excludes halogenated alkanes) is 7. The van der Waals surface area contributed by atoms with Crippen LogP contribution in [0.5, 0.6) is 0 Å². The lowest BCUT2D eigenvalue weighted by Crippen LogP contribution is -2.64. The van der Waals surface area contributed by atoms with E-state index >= 15 is 4.39 Å². The van der Waals surface area contributed by atoms with Gasteiger partial charge in [-0.05, 0) is 183 Å². The second-order valence-corrected chi connectivity index (χ2v) is 34.9. The number of carboxylic acids is 1. The molecule has 6 fully saturated rings. The van der Waals surface area contributed by atoms with Crippen molar-refractivity contribution in [1.82, 2.24) is 55.4 Å². The van der Waals surface area contributed by atoms with E-state index in [9.17, 15) is 29.4 Å². The molecule has 2 aliphatic heterocycles. The first kappa shape index (κ1) is 71.4. The fourth-order valence-corrected chi connectivity index (χ4v) is 20.9. The smallest absolute Gasteiger partial charge is 0.355 e. The number of pyridine rings is 1. The highest BCUT2D eigenvalue weighted by Crippen LogP contribution is 2.72. The summed E-state index contributed by atoms with van der Waals surface area (Å²) >= 11 is 4.72. The standard InChI is InChI=1S/C76H98FN13O7S3/c1-48-54-20-19-32-88(65(54)86-85-64(48)84-70-81-57-21-15-16-22-59(57)100-70)60-28-27-55(61(82-60)68(94)95)56-38-80-90(50(56)3)46-74-41-72(6)40-73(7,42-74)44-75(43-72,45-74)97-34-33-87(8)31-17-13-11-9-10-12-14-18-35-99-71(4,5)63(83-69(96)76(77)29-30-76)67(93)89-39-53(91)36-58(89)66(92)78-37-51-23-25-52(26-24-51)62-49(2)79-47-98-62/h15-16,21-28,38,47,53,58,63,91H,9-14,17-20,29-37,39-46H2,1-8H3,(H,78,92)(H,83,96)(H,94,95)(H,81,84,85)/t53-,58+,63-,72?,73?,74?,75?/m1/s1. The first-order valence-corrected chi connectivity index (χ1v) is 38.8. The van der Waals surface area contributed by atoms with Crippen LogP contribution in [0.1, 0.15) is 182 Å². The molecule has 7 heterocycles. The van der Waals surface area contributed by atoms with Gasteiger partial charge in [-0.15, -0.1) is 21.5 Å². The number of β-amino-alcohol motifs (C(OH)–C–C–N with tert-alkyl or cyclic N) is 1. The van der Waals surface area contributed by atoms with Gasteiger partial charge in [0.2, 0.25) is 11.8 Å². The number of likely N-dealkylation sites (tertiary alicyclic amines) is 1. The number of halogens is 1. The summed E-state index contributed by atoms with van der Waals surface area (Å²) in [4.78, 5) is 75.5. The van der Waals surface area contributed by atoms with Crippen LogP contribution in [0.15, 0.2) is 72.4 Å². The first-order chi connectivity index (χ1) is 47.8. The summed E-state index contributed by atoms with van der Waals surface area (Å²) in [7, 11) is 2.21. The summed E-state index contributed by atoms with van der Waals surface area (Å²) in [6.45, 7) is 19.0. The average molecular weight is 1420 g/mol. The third kappa shape index (κ3) is 15.5. The highest BCUT2D eigenvalue weighted by molar-refractivity contribution is 8.00. The number of carboxylic acid groups (broad SMARTS) is 1. The van der Waals surface area contributed by atoms with Crippen LogP contribution in [0.3, 0.4) is 0 Å². The Morgan fingerprint density at radius 1 is 0.870 bits per heavy atom. The van der Waals surface area contributed by atoms with E-state index in [4.69, 9.17) is 24.9 Å². The molecule has 5 atom stereocenters. The Labute approximate surface area is 598 Å². The van der Waals surface area contributed by atoms with E-state index in [2.05, 4.69) is 69.5 Å². The second-order valence-electron chi connectivity index (χ2n) is 31.3. The Balaban J connectivity index is 0.544. The molecular formula is C76H98FN13O7S3. The predicted molar refractivity (Wildman–Crippen MR) is 393 cm³/mol. The number of nitrogens with one attached hydrogen (secondary N) is 3. The van der Waals surface area contributed by atoms with Crippen molar-refractivity contribution < 1.29 is 38.5 Å². The zero-order valence-corrected chi connectivity index (χ0v) is 61.7. The number of rotatable bonds is 31. The number of likely N-dealkylation sites (N-methyl/N-ethyl adjacent to an activating group) is 1. The number of thioether (sulfide) groups is 1. The maximum Gasteiger partial charge on any atom is 0.355 e. The largest absolute Gasteiger partial charge is 0.476 e. The number of hydrogen-bond acceptors (Lipinski definition) is 18. The van der Waals surface area contributed by atoms with Crippen molar-refractivity contribution in [3.05, 3.63) is 106 Å². The Morgan fingerprint density at radius 3 is 2.31 bits per heavy atom. The number of carbonyl (C=O) groups is 4. The lowest BCUT2D eigenvalue weighted by Gasteiger charge is -2.69. The number of aliphatic hydroxyl groups is 1. The number of aromatic carboxylic acids is 1. The number of para-hydroxylation sites is 1. The molecular weight excluding hydrogens is 1320 g/mol. The maximum absolute atomic E-state index is 15.2. The molecule has 5 saturated carbocycles. The molecule has 0 spiro atoms. The van der Waals surface area contributed by atoms with Crippen LogP contribution in [0.4, 0.5) is 27.0 Å². The van der Waals surface area contributed by atoms with Gasteiger partial charge in [0.05, 0.1) is 50.8 Å². The molecule has 534 valence electrons. The van der Waals surface area contributed by atoms with Gasteiger partial charge in [0.15, 0.2) is 28.1 Å². The fraction of sp³-hybridized carbons (Fsp3) is 0.579. The minimum Gasteiger partial charge on any atom is -0.476 e. The normalized spacial score (nSPS) is 23.9. The molecule has 5 N–H and O–H groups in total. The number of benzene rings is 2. The predicted octanol–water partition coefficient (Wildman–Crippen LogP) is 13.9. The summed E-state index contributed by atoms with van der Waals surface area (Å²) in [6.07, 6.45) is 18.3. The van der Waals surface area contributed by atoms with E-state index in [1.54, 1.807) is 34.4 Å². The number of hydrogen-bond donors (Lipinski definition) is 5. The van der Waals surface area contributed by atoms with E-state index in [-0.39, 0.29) is 65.8 Å². The quantitative estimate of drug-likeness (QED) is 0.0254. The third-order valence-electron chi connectivity index (χ3n) is 22.2. The van der Waals surface area contributed by atoms with E-state index < -0.39 is 46.4 Å². The summed E-state index contributed by atoms with van der Waals surface area (Å²) in [5, 5.41) is 45.8. The van der Waals surface area contributed by atoms with Crippen LogP contribution in [0.2, 0.25) is 0 Å². The van der Waals surface area contributed by atoms with Gasteiger partial charge < -0.3 is 45.6 Å². The van der Waals surface area contributed by atoms with Gasteiger partial charge >= 0.3 is 5.97 Å². The number of aryl methyl sites for hydroxylation is 1. The molecule has 4 bridgehead atoms. The molecule has 0 radical (unpaired) electrons. The van der Waals surface area contributed by atoms with Gasteiger partial charge in [0, 0.05) is 71.8 Å². The molecule has 5 aliphatic carbocycles. The van der Waals surface area contributed by atoms with Crippen LogP contribution in [-0.4, -0.2) is 158 Å². The van der Waals surface area contributed by atoms with Crippen molar-refractivity contribution in [3.63, 3.8) is 0 Å². The molecule has 2 unspecified atom stereocenters. The summed E-state index contributed by atoms with van der Waals surface area (Å²) < 4.78 is 24.8. The molecule has 3 amide bonds. The Bertz CT molecular complexity index is 4100. The van der Waals surface area contributed by atoms with E-state index in [1.807, 2.05) is 98.9 Å². The first-order valence-electron chi connectivity index (χ1n) is 36.1. The van der Waals surface area contributed by atoms with Gasteiger partial charge in [-0.25, -0.2) is 24.1 Å². The number of carbonyl (C=O) groups excluding carboxylic acids is 3. The topological polar surface area (TPSA) is 246 Å². The average Bonchev–Trinajstić information content (AvgIpc) is 0.899. The molecule has 7 aromatic rings. The van der Waals surface area contributed by atoms with Crippen molar-refractivity contribution in [2.75, 3.05) is 55.8 Å². The molecule has 14 rings (SSSR count). The zero-order chi connectivity index (χ0) is 70.4. The molecule has 20 nitrogen and oxygen atoms in total. The molecule has 2 aromatic carbocycles. The van der Waals surface area contributed by atoms with Gasteiger partial charge in [0.25, 0.3) is 5.91 Å². The van der Waals surface area contributed by atoms with Crippen LogP contribution < -0.4 is 20.9 Å². The number of thiazole rings is 2. The van der Waals surface area contributed by atoms with Crippen molar-refractivity contribution in [1.29, 1.82) is 0 Å². The lowest BCUT2D eigenvalue weighted by atomic mass is 9.39. The van der Waals surface area contributed by atoms with Crippen molar-refractivity contribution in [2.24, 2.45) is 16.2 Å². The van der Waals surface area contributed by atoms with E-state index in [0.717, 1.165) is 162 Å². The number of nitrogens with zero attached hydrogens (tertiary/aromatic N) is 10. The maximum atomic E-state index is 15.2. The van der Waals surface area contributed by atoms with Gasteiger partial charge in [-0.1, -0.05) is 100 Å². The van der Waals surface area contributed by atoms with E-state index in [0.29, 0.717) is 36.2 Å². The number of anilines is 4. The molecule has 7 aliphatic rings.